The molecule has 3 aromatic rings. The van der Waals surface area contributed by atoms with Gasteiger partial charge in [-0.3, -0.25) is 19.5 Å². The lowest BCUT2D eigenvalue weighted by Crippen LogP contribution is -2.42. The fourth-order valence-corrected chi connectivity index (χ4v) is 4.44. The Hall–Kier alpha value is -3.03. The van der Waals surface area contributed by atoms with E-state index in [0.29, 0.717) is 48.5 Å². The van der Waals surface area contributed by atoms with Crippen LogP contribution in [0.25, 0.3) is 11.0 Å². The van der Waals surface area contributed by atoms with Crippen molar-refractivity contribution in [2.75, 3.05) is 39.4 Å². The highest BCUT2D eigenvalue weighted by atomic mass is 16.5. The lowest BCUT2D eigenvalue weighted by molar-refractivity contribution is 0.0314. The van der Waals surface area contributed by atoms with Crippen LogP contribution < -0.4 is 5.43 Å². The molecule has 1 amide bonds. The number of nitrogens with zero attached hydrogens (tertiary/aromatic N) is 3. The summed E-state index contributed by atoms with van der Waals surface area (Å²) in [5.74, 6) is -0.114. The molecule has 160 valence electrons. The van der Waals surface area contributed by atoms with Gasteiger partial charge in [0.1, 0.15) is 11.6 Å². The summed E-state index contributed by atoms with van der Waals surface area (Å²) in [7, 11) is 0. The number of amides is 1. The van der Waals surface area contributed by atoms with E-state index in [1.807, 2.05) is 37.3 Å². The molecule has 0 bridgehead atoms. The van der Waals surface area contributed by atoms with Gasteiger partial charge in [-0.2, -0.15) is 0 Å². The largest absolute Gasteiger partial charge is 0.450 e. The van der Waals surface area contributed by atoms with Crippen molar-refractivity contribution in [3.63, 3.8) is 0 Å². The maximum absolute atomic E-state index is 13.6. The number of hydrogen-bond acceptors (Lipinski definition) is 6. The predicted octanol–water partition coefficient (Wildman–Crippen LogP) is 2.63. The second kappa shape index (κ2) is 8.24. The summed E-state index contributed by atoms with van der Waals surface area (Å²) in [6, 6.07) is 10.6. The van der Waals surface area contributed by atoms with Crippen molar-refractivity contribution in [2.24, 2.45) is 0 Å². The molecular weight excluding hydrogens is 394 g/mol. The summed E-state index contributed by atoms with van der Waals surface area (Å²) in [6.45, 7) is 6.31. The minimum Gasteiger partial charge on any atom is -0.450 e. The molecule has 2 aliphatic rings. The van der Waals surface area contributed by atoms with Crippen molar-refractivity contribution in [3.05, 3.63) is 75.4 Å². The maximum Gasteiger partial charge on any atom is 0.291 e. The summed E-state index contributed by atoms with van der Waals surface area (Å²) < 4.78 is 11.4. The fourth-order valence-electron chi connectivity index (χ4n) is 4.44. The van der Waals surface area contributed by atoms with Crippen molar-refractivity contribution >= 4 is 16.9 Å². The molecule has 0 N–H and O–H groups in total. The van der Waals surface area contributed by atoms with Crippen LogP contribution in [0.4, 0.5) is 0 Å². The molecule has 0 aliphatic carbocycles. The molecule has 1 unspecified atom stereocenters. The highest BCUT2D eigenvalue weighted by molar-refractivity contribution is 5.99. The van der Waals surface area contributed by atoms with Gasteiger partial charge in [0, 0.05) is 32.4 Å². The van der Waals surface area contributed by atoms with E-state index in [1.165, 1.54) is 0 Å². The van der Waals surface area contributed by atoms with Gasteiger partial charge in [0.15, 0.2) is 5.43 Å². The molecule has 5 rings (SSSR count). The molecule has 1 atom stereocenters. The zero-order valence-corrected chi connectivity index (χ0v) is 17.5. The van der Waals surface area contributed by atoms with E-state index < -0.39 is 6.04 Å². The summed E-state index contributed by atoms with van der Waals surface area (Å²) in [5, 5.41) is 0.516. The Kier molecular flexibility index (Phi) is 5.29. The Morgan fingerprint density at radius 3 is 2.68 bits per heavy atom. The standard InChI is InChI=1S/C24H25N3O4/c1-2-16-6-7-19-17(15-16)22(28)20-21(18-5-3-4-8-25-18)27(24(29)23(20)31-19)10-9-26-11-13-30-14-12-26/h3-8,15,21H,2,9-14H2,1H3. The monoisotopic (exact) mass is 419 g/mol. The van der Waals surface area contributed by atoms with Crippen LogP contribution in [-0.4, -0.2) is 60.1 Å². The first-order valence-electron chi connectivity index (χ1n) is 10.8. The molecule has 0 saturated carbocycles. The van der Waals surface area contributed by atoms with E-state index in [2.05, 4.69) is 9.88 Å². The van der Waals surface area contributed by atoms with E-state index >= 15 is 0 Å². The van der Waals surface area contributed by atoms with Gasteiger partial charge in [-0.25, -0.2) is 0 Å². The summed E-state index contributed by atoms with van der Waals surface area (Å²) in [4.78, 5) is 35.5. The van der Waals surface area contributed by atoms with Crippen LogP contribution in [-0.2, 0) is 11.2 Å². The first-order chi connectivity index (χ1) is 15.2. The maximum atomic E-state index is 13.6. The number of benzene rings is 1. The second-order valence-corrected chi connectivity index (χ2v) is 7.97. The molecule has 0 spiro atoms. The zero-order valence-electron chi connectivity index (χ0n) is 17.5. The molecule has 31 heavy (non-hydrogen) atoms. The molecule has 7 heteroatoms. The predicted molar refractivity (Wildman–Crippen MR) is 116 cm³/mol. The number of aryl methyl sites for hydroxylation is 1. The quantitative estimate of drug-likeness (QED) is 0.633. The van der Waals surface area contributed by atoms with Gasteiger partial charge in [-0.1, -0.05) is 19.1 Å². The third-order valence-electron chi connectivity index (χ3n) is 6.17. The first kappa shape index (κ1) is 19.9. The van der Waals surface area contributed by atoms with Crippen LogP contribution in [0.2, 0.25) is 0 Å². The van der Waals surface area contributed by atoms with Crippen LogP contribution >= 0.6 is 0 Å². The molecule has 2 aromatic heterocycles. The van der Waals surface area contributed by atoms with Gasteiger partial charge in [0.05, 0.1) is 29.9 Å². The molecular formula is C24H25N3O4. The molecule has 4 heterocycles. The number of hydrogen-bond donors (Lipinski definition) is 0. The highest BCUT2D eigenvalue weighted by Crippen LogP contribution is 2.37. The van der Waals surface area contributed by atoms with Crippen molar-refractivity contribution in [2.45, 2.75) is 19.4 Å². The molecule has 1 aromatic carbocycles. The molecule has 1 fully saturated rings. The third-order valence-corrected chi connectivity index (χ3v) is 6.17. The van der Waals surface area contributed by atoms with E-state index in [-0.39, 0.29) is 17.1 Å². The Bertz CT molecular complexity index is 1170. The van der Waals surface area contributed by atoms with Gasteiger partial charge < -0.3 is 14.1 Å². The van der Waals surface area contributed by atoms with Gasteiger partial charge >= 0.3 is 0 Å². The minimum atomic E-state index is -0.546. The SMILES string of the molecule is CCc1ccc2oc3c(c(=O)c2c1)C(c1ccccn1)N(CCN1CCOCC1)C3=O. The minimum absolute atomic E-state index is 0.138. The van der Waals surface area contributed by atoms with Crippen LogP contribution in [0, 0.1) is 0 Å². The number of pyridine rings is 1. The van der Waals surface area contributed by atoms with Crippen LogP contribution in [0.3, 0.4) is 0 Å². The summed E-state index contributed by atoms with van der Waals surface area (Å²) >= 11 is 0. The van der Waals surface area contributed by atoms with E-state index in [0.717, 1.165) is 25.1 Å². The number of morpholine rings is 1. The fraction of sp³-hybridized carbons (Fsp3) is 0.375. The number of ether oxygens (including phenoxy) is 1. The lowest BCUT2D eigenvalue weighted by atomic mass is 10.0. The van der Waals surface area contributed by atoms with Crippen LogP contribution in [0.1, 0.15) is 40.3 Å². The molecule has 7 nitrogen and oxygen atoms in total. The van der Waals surface area contributed by atoms with Crippen molar-refractivity contribution in [1.82, 2.24) is 14.8 Å². The van der Waals surface area contributed by atoms with Crippen molar-refractivity contribution < 1.29 is 13.9 Å². The number of fused-ring (bicyclic) bond motifs is 2. The number of rotatable bonds is 5. The van der Waals surface area contributed by atoms with Crippen LogP contribution in [0.15, 0.2) is 51.8 Å². The van der Waals surface area contributed by atoms with Crippen molar-refractivity contribution in [3.8, 4) is 0 Å². The smallest absolute Gasteiger partial charge is 0.291 e. The van der Waals surface area contributed by atoms with Gasteiger partial charge in [0.2, 0.25) is 5.76 Å². The molecule has 0 radical (unpaired) electrons. The summed E-state index contributed by atoms with van der Waals surface area (Å²) in [6.07, 6.45) is 2.51. The van der Waals surface area contributed by atoms with E-state index in [4.69, 9.17) is 9.15 Å². The van der Waals surface area contributed by atoms with E-state index in [1.54, 1.807) is 17.2 Å². The first-order valence-corrected chi connectivity index (χ1v) is 10.8. The molecule has 2 aliphatic heterocycles. The number of carbonyl (C=O) groups excluding carboxylic acids is 1. The van der Waals surface area contributed by atoms with E-state index in [9.17, 15) is 9.59 Å². The van der Waals surface area contributed by atoms with Crippen LogP contribution in [0.5, 0.6) is 0 Å². The number of carbonyl (C=O) groups is 1. The van der Waals surface area contributed by atoms with Gasteiger partial charge in [-0.05, 0) is 36.2 Å². The van der Waals surface area contributed by atoms with Gasteiger partial charge in [-0.15, -0.1) is 0 Å². The molecule has 1 saturated heterocycles. The summed E-state index contributed by atoms with van der Waals surface area (Å²) in [5.41, 5.74) is 2.43. The zero-order chi connectivity index (χ0) is 21.4. The highest BCUT2D eigenvalue weighted by Gasteiger charge is 2.43. The Balaban J connectivity index is 1.60. The Labute approximate surface area is 180 Å². The average molecular weight is 419 g/mol. The Morgan fingerprint density at radius 2 is 1.94 bits per heavy atom. The van der Waals surface area contributed by atoms with Gasteiger partial charge in [0.25, 0.3) is 5.91 Å². The lowest BCUT2D eigenvalue weighted by Gasteiger charge is -2.30. The average Bonchev–Trinajstić information content (AvgIpc) is 3.10. The third kappa shape index (κ3) is 3.54. The second-order valence-electron chi connectivity index (χ2n) is 7.97. The normalized spacial score (nSPS) is 19.2. The number of aromatic nitrogens is 1. The topological polar surface area (TPSA) is 75.9 Å². The Morgan fingerprint density at radius 1 is 1.10 bits per heavy atom. The van der Waals surface area contributed by atoms with Crippen molar-refractivity contribution in [1.29, 1.82) is 0 Å².